The number of aryl methyl sites for hydroxylation is 2. The number of rotatable bonds is 5. The second kappa shape index (κ2) is 9.16. The van der Waals surface area contributed by atoms with Gasteiger partial charge in [-0.05, 0) is 83.5 Å². The first kappa shape index (κ1) is 23.9. The lowest BCUT2D eigenvalue weighted by Crippen LogP contribution is -2.17. The number of benzene rings is 3. The topological polar surface area (TPSA) is 9.23 Å². The third-order valence-corrected chi connectivity index (χ3v) is 5.65. The lowest BCUT2D eigenvalue weighted by atomic mass is 9.86. The predicted molar refractivity (Wildman–Crippen MR) is 115 cm³/mol. The fourth-order valence-corrected chi connectivity index (χ4v) is 4.17. The molecule has 1 aliphatic carbocycles. The Kier molecular flexibility index (Phi) is 6.43. The number of hydrogen-bond acceptors (Lipinski definition) is 1. The maximum absolute atomic E-state index is 14.9. The number of ether oxygens (including phenoxy) is 1. The molecule has 178 valence electrons. The van der Waals surface area contributed by atoms with Gasteiger partial charge in [-0.1, -0.05) is 25.5 Å². The average molecular weight is 480 g/mol. The molecule has 0 unspecified atom stereocenters. The van der Waals surface area contributed by atoms with Gasteiger partial charge in [0.2, 0.25) is 0 Å². The molecule has 4 rings (SSSR count). The summed E-state index contributed by atoms with van der Waals surface area (Å²) in [6.07, 6.45) is -1.59. The van der Waals surface area contributed by atoms with Gasteiger partial charge in [-0.25, -0.2) is 17.6 Å². The van der Waals surface area contributed by atoms with E-state index in [1.807, 2.05) is 6.92 Å². The van der Waals surface area contributed by atoms with Crippen molar-refractivity contribution < 1.29 is 35.5 Å². The summed E-state index contributed by atoms with van der Waals surface area (Å²) in [4.78, 5) is 0. The fourth-order valence-electron chi connectivity index (χ4n) is 4.17. The monoisotopic (exact) mass is 480 g/mol. The molecular formula is C26H19F7O. The molecule has 1 aliphatic rings. The zero-order valence-electron chi connectivity index (χ0n) is 18.0. The molecule has 1 nitrogen and oxygen atoms in total. The minimum atomic E-state index is -5.06. The Bertz CT molecular complexity index is 1250. The lowest BCUT2D eigenvalue weighted by Gasteiger charge is -2.20. The van der Waals surface area contributed by atoms with Crippen molar-refractivity contribution in [1.82, 2.24) is 0 Å². The van der Waals surface area contributed by atoms with E-state index in [1.165, 1.54) is 30.3 Å². The third kappa shape index (κ3) is 4.95. The van der Waals surface area contributed by atoms with Crippen LogP contribution >= 0.6 is 0 Å². The van der Waals surface area contributed by atoms with E-state index in [4.69, 9.17) is 0 Å². The van der Waals surface area contributed by atoms with Crippen LogP contribution in [0.25, 0.3) is 22.8 Å². The second-order valence-corrected chi connectivity index (χ2v) is 8.08. The zero-order chi connectivity index (χ0) is 24.6. The molecule has 0 saturated carbocycles. The molecule has 0 aromatic heterocycles. The van der Waals surface area contributed by atoms with E-state index in [0.717, 1.165) is 24.6 Å². The van der Waals surface area contributed by atoms with E-state index >= 15 is 0 Å². The van der Waals surface area contributed by atoms with Gasteiger partial charge in [-0.3, -0.25) is 0 Å². The van der Waals surface area contributed by atoms with Crippen LogP contribution in [0.2, 0.25) is 0 Å². The fraction of sp³-hybridized carbons (Fsp3) is 0.231. The number of alkyl halides is 3. The minimum absolute atomic E-state index is 0.00524. The highest BCUT2D eigenvalue weighted by Crippen LogP contribution is 2.37. The molecule has 0 saturated heterocycles. The van der Waals surface area contributed by atoms with Gasteiger partial charge in [0.05, 0.1) is 0 Å². The highest BCUT2D eigenvalue weighted by Gasteiger charge is 2.32. The van der Waals surface area contributed by atoms with Crippen molar-refractivity contribution in [3.63, 3.8) is 0 Å². The van der Waals surface area contributed by atoms with E-state index in [1.54, 1.807) is 0 Å². The molecule has 3 aromatic rings. The molecule has 34 heavy (non-hydrogen) atoms. The van der Waals surface area contributed by atoms with E-state index < -0.39 is 35.4 Å². The van der Waals surface area contributed by atoms with Crippen LogP contribution < -0.4 is 4.74 Å². The largest absolute Gasteiger partial charge is 0.573 e. The van der Waals surface area contributed by atoms with Gasteiger partial charge >= 0.3 is 6.36 Å². The van der Waals surface area contributed by atoms with Gasteiger partial charge in [0.1, 0.15) is 17.5 Å². The first-order chi connectivity index (χ1) is 16.1. The van der Waals surface area contributed by atoms with Crippen LogP contribution in [0.4, 0.5) is 30.7 Å². The Morgan fingerprint density at radius 3 is 2.15 bits per heavy atom. The SMILES string of the molecule is CCCc1cc(F)c(C2=Cc3cc(F)c(-c4ccc(OC(F)(F)F)c(F)c4)cc3CC2)c(F)c1. The summed E-state index contributed by atoms with van der Waals surface area (Å²) in [5.41, 5.74) is 1.94. The van der Waals surface area contributed by atoms with Crippen molar-refractivity contribution in [1.29, 1.82) is 0 Å². The molecular weight excluding hydrogens is 461 g/mol. The standard InChI is InChI=1S/C26H19F7O/c1-2-3-14-8-22(29)25(23(30)9-14)17-5-4-15-11-19(20(27)13-18(15)10-17)16-6-7-24(21(28)12-16)34-26(31,32)33/h6-13H,2-5H2,1H3. The maximum atomic E-state index is 14.9. The van der Waals surface area contributed by atoms with Crippen molar-refractivity contribution in [3.8, 4) is 16.9 Å². The summed E-state index contributed by atoms with van der Waals surface area (Å²) in [7, 11) is 0. The Hall–Kier alpha value is -3.29. The summed E-state index contributed by atoms with van der Waals surface area (Å²) in [5.74, 6) is -4.40. The Labute approximate surface area is 191 Å². The molecule has 0 radical (unpaired) electrons. The summed E-state index contributed by atoms with van der Waals surface area (Å²) < 4.78 is 99.0. The first-order valence-electron chi connectivity index (χ1n) is 10.6. The molecule has 8 heteroatoms. The Morgan fingerprint density at radius 1 is 0.824 bits per heavy atom. The molecule has 0 bridgehead atoms. The van der Waals surface area contributed by atoms with E-state index in [9.17, 15) is 30.7 Å². The van der Waals surface area contributed by atoms with Crippen LogP contribution in [0.3, 0.4) is 0 Å². The Balaban J connectivity index is 1.68. The van der Waals surface area contributed by atoms with Crippen molar-refractivity contribution in [2.24, 2.45) is 0 Å². The molecule has 0 spiro atoms. The van der Waals surface area contributed by atoms with E-state index in [-0.39, 0.29) is 16.7 Å². The Morgan fingerprint density at radius 2 is 1.53 bits per heavy atom. The molecule has 0 atom stereocenters. The van der Waals surface area contributed by atoms with Crippen molar-refractivity contribution in [2.45, 2.75) is 39.0 Å². The third-order valence-electron chi connectivity index (χ3n) is 5.65. The summed E-state index contributed by atoms with van der Waals surface area (Å²) in [6, 6.07) is 7.92. The second-order valence-electron chi connectivity index (χ2n) is 8.08. The maximum Gasteiger partial charge on any atom is 0.573 e. The minimum Gasteiger partial charge on any atom is -0.403 e. The zero-order valence-corrected chi connectivity index (χ0v) is 18.0. The normalized spacial score (nSPS) is 13.5. The highest BCUT2D eigenvalue weighted by atomic mass is 19.4. The van der Waals surface area contributed by atoms with Crippen molar-refractivity contribution in [2.75, 3.05) is 0 Å². The van der Waals surface area contributed by atoms with Crippen LogP contribution in [-0.4, -0.2) is 6.36 Å². The molecule has 0 N–H and O–H groups in total. The van der Waals surface area contributed by atoms with Crippen LogP contribution in [-0.2, 0) is 12.8 Å². The number of hydrogen-bond donors (Lipinski definition) is 0. The van der Waals surface area contributed by atoms with Crippen LogP contribution in [0.15, 0.2) is 42.5 Å². The molecule has 0 aliphatic heterocycles. The predicted octanol–water partition coefficient (Wildman–Crippen LogP) is 8.25. The average Bonchev–Trinajstić information content (AvgIpc) is 2.73. The molecule has 0 amide bonds. The number of fused-ring (bicyclic) bond motifs is 1. The van der Waals surface area contributed by atoms with Gasteiger partial charge in [0.25, 0.3) is 0 Å². The van der Waals surface area contributed by atoms with Gasteiger partial charge in [-0.2, -0.15) is 0 Å². The van der Waals surface area contributed by atoms with E-state index in [2.05, 4.69) is 4.74 Å². The quantitative estimate of drug-likeness (QED) is 0.334. The van der Waals surface area contributed by atoms with E-state index in [0.29, 0.717) is 41.5 Å². The van der Waals surface area contributed by atoms with Crippen molar-refractivity contribution >= 4 is 11.6 Å². The molecule has 0 heterocycles. The van der Waals surface area contributed by atoms with Gasteiger partial charge < -0.3 is 4.74 Å². The smallest absolute Gasteiger partial charge is 0.403 e. The van der Waals surface area contributed by atoms with Crippen LogP contribution in [0.5, 0.6) is 5.75 Å². The van der Waals surface area contributed by atoms with Gasteiger partial charge in [0.15, 0.2) is 11.6 Å². The number of halogens is 7. The van der Waals surface area contributed by atoms with Crippen molar-refractivity contribution in [3.05, 3.63) is 88.0 Å². The van der Waals surface area contributed by atoms with Crippen LogP contribution in [0.1, 0.15) is 42.0 Å². The van der Waals surface area contributed by atoms with Gasteiger partial charge in [-0.15, -0.1) is 13.2 Å². The highest BCUT2D eigenvalue weighted by molar-refractivity contribution is 5.86. The number of allylic oxidation sites excluding steroid dienone is 1. The van der Waals surface area contributed by atoms with Crippen LogP contribution in [0, 0.1) is 23.3 Å². The first-order valence-corrected chi connectivity index (χ1v) is 10.6. The summed E-state index contributed by atoms with van der Waals surface area (Å²) in [6.45, 7) is 1.91. The lowest BCUT2D eigenvalue weighted by molar-refractivity contribution is -0.275. The molecule has 0 fully saturated rings. The summed E-state index contributed by atoms with van der Waals surface area (Å²) >= 11 is 0. The van der Waals surface area contributed by atoms with Gasteiger partial charge in [0, 0.05) is 11.1 Å². The summed E-state index contributed by atoms with van der Waals surface area (Å²) in [5, 5.41) is 0. The molecule has 3 aromatic carbocycles.